The van der Waals surface area contributed by atoms with Crippen molar-refractivity contribution in [3.63, 3.8) is 0 Å². The molecule has 134 valence electrons. The number of nitrogens with one attached hydrogen (secondary N) is 1. The average molecular weight is 353 g/mol. The number of carbonyl (C=O) groups excluding carboxylic acids is 3. The Kier molecular flexibility index (Phi) is 3.47. The van der Waals surface area contributed by atoms with E-state index >= 15 is 0 Å². The third-order valence-electron chi connectivity index (χ3n) is 6.41. The summed E-state index contributed by atoms with van der Waals surface area (Å²) in [5.41, 5.74) is -4.96. The molecule has 1 amide bonds. The maximum Gasteiger partial charge on any atom is 0.418 e. The molecule has 2 bridgehead atoms. The summed E-state index contributed by atoms with van der Waals surface area (Å²) in [6.45, 7) is 4.98. The van der Waals surface area contributed by atoms with Crippen molar-refractivity contribution in [2.24, 2.45) is 16.2 Å². The molecule has 0 saturated heterocycles. The molecule has 1 aromatic carbocycles. The van der Waals surface area contributed by atoms with Gasteiger partial charge in [0.2, 0.25) is 17.5 Å². The Balaban J connectivity index is 2.04. The lowest BCUT2D eigenvalue weighted by atomic mass is 9.64. The zero-order valence-corrected chi connectivity index (χ0v) is 14.1. The first-order valence-corrected chi connectivity index (χ1v) is 7.96. The number of ketones is 2. The lowest BCUT2D eigenvalue weighted by molar-refractivity contribution is -0.147. The second-order valence-electron chi connectivity index (χ2n) is 7.52. The maximum absolute atomic E-state index is 13.1. The fourth-order valence-corrected chi connectivity index (χ4v) is 4.34. The summed E-state index contributed by atoms with van der Waals surface area (Å²) in [6.07, 6.45) is -4.13. The molecule has 2 aliphatic carbocycles. The quantitative estimate of drug-likeness (QED) is 0.653. The van der Waals surface area contributed by atoms with Crippen molar-refractivity contribution in [2.45, 2.75) is 39.8 Å². The molecule has 0 aromatic heterocycles. The highest BCUT2D eigenvalue weighted by atomic mass is 19.4. The van der Waals surface area contributed by atoms with Gasteiger partial charge in [0, 0.05) is 5.41 Å². The molecule has 0 aliphatic heterocycles. The monoisotopic (exact) mass is 353 g/mol. The Labute approximate surface area is 142 Å². The van der Waals surface area contributed by atoms with Gasteiger partial charge in [-0.25, -0.2) is 0 Å². The minimum absolute atomic E-state index is 0.154. The third-order valence-corrected chi connectivity index (χ3v) is 6.41. The second kappa shape index (κ2) is 4.93. The smallest absolute Gasteiger partial charge is 0.325 e. The first kappa shape index (κ1) is 17.6. The van der Waals surface area contributed by atoms with Crippen LogP contribution in [0, 0.1) is 16.2 Å². The number of anilines is 1. The van der Waals surface area contributed by atoms with Crippen molar-refractivity contribution in [3.05, 3.63) is 29.8 Å². The lowest BCUT2D eigenvalue weighted by Crippen LogP contribution is -2.48. The molecule has 1 aromatic rings. The Morgan fingerprint density at radius 1 is 1.04 bits per heavy atom. The summed E-state index contributed by atoms with van der Waals surface area (Å²) < 4.78 is 39.4. The van der Waals surface area contributed by atoms with Gasteiger partial charge < -0.3 is 5.32 Å². The van der Waals surface area contributed by atoms with Gasteiger partial charge in [0.1, 0.15) is 5.41 Å². The number of hydrogen-bond donors (Lipinski definition) is 1. The van der Waals surface area contributed by atoms with E-state index in [1.54, 1.807) is 20.8 Å². The molecule has 25 heavy (non-hydrogen) atoms. The van der Waals surface area contributed by atoms with Crippen LogP contribution in [0.1, 0.15) is 39.2 Å². The number of para-hydroxylation sites is 1. The van der Waals surface area contributed by atoms with E-state index in [-0.39, 0.29) is 6.42 Å². The van der Waals surface area contributed by atoms with Crippen LogP contribution in [0.5, 0.6) is 0 Å². The highest BCUT2D eigenvalue weighted by Crippen LogP contribution is 2.69. The summed E-state index contributed by atoms with van der Waals surface area (Å²) in [5.74, 6) is -2.25. The summed E-state index contributed by atoms with van der Waals surface area (Å²) in [6, 6.07) is 4.59. The minimum atomic E-state index is -4.64. The van der Waals surface area contributed by atoms with Gasteiger partial charge in [0.25, 0.3) is 0 Å². The number of rotatable bonds is 2. The molecule has 2 aliphatic rings. The van der Waals surface area contributed by atoms with Crippen molar-refractivity contribution in [1.82, 2.24) is 0 Å². The molecule has 0 spiro atoms. The number of hydrogen-bond acceptors (Lipinski definition) is 3. The van der Waals surface area contributed by atoms with Crippen LogP contribution in [-0.4, -0.2) is 17.5 Å². The summed E-state index contributed by atoms with van der Waals surface area (Å²) >= 11 is 0. The van der Waals surface area contributed by atoms with E-state index in [2.05, 4.69) is 5.32 Å². The number of benzene rings is 1. The van der Waals surface area contributed by atoms with Crippen molar-refractivity contribution in [2.75, 3.05) is 5.32 Å². The second-order valence-corrected chi connectivity index (χ2v) is 7.52. The highest BCUT2D eigenvalue weighted by molar-refractivity contribution is 6.49. The average Bonchev–Trinajstić information content (AvgIpc) is 2.79. The zero-order chi connectivity index (χ0) is 18.8. The Morgan fingerprint density at radius 3 is 2.16 bits per heavy atom. The fourth-order valence-electron chi connectivity index (χ4n) is 4.34. The van der Waals surface area contributed by atoms with Crippen LogP contribution in [0.15, 0.2) is 24.3 Å². The first-order valence-electron chi connectivity index (χ1n) is 7.96. The number of amides is 1. The number of fused-ring (bicyclic) bond motifs is 2. The van der Waals surface area contributed by atoms with Gasteiger partial charge in [-0.05, 0) is 30.4 Å². The Morgan fingerprint density at radius 2 is 1.64 bits per heavy atom. The molecular weight excluding hydrogens is 335 g/mol. The number of carbonyl (C=O) groups is 3. The van der Waals surface area contributed by atoms with Gasteiger partial charge in [-0.1, -0.05) is 32.9 Å². The van der Waals surface area contributed by atoms with E-state index in [0.29, 0.717) is 6.42 Å². The van der Waals surface area contributed by atoms with E-state index in [4.69, 9.17) is 0 Å². The summed E-state index contributed by atoms with van der Waals surface area (Å²) in [7, 11) is 0. The molecule has 3 rings (SSSR count). The maximum atomic E-state index is 13.1. The van der Waals surface area contributed by atoms with Gasteiger partial charge in [-0.15, -0.1) is 0 Å². The molecule has 2 fully saturated rings. The van der Waals surface area contributed by atoms with Crippen molar-refractivity contribution in [1.29, 1.82) is 0 Å². The molecule has 2 atom stereocenters. The van der Waals surface area contributed by atoms with Crippen LogP contribution in [0.4, 0.5) is 18.9 Å². The van der Waals surface area contributed by atoms with Crippen LogP contribution in [-0.2, 0) is 20.6 Å². The Bertz CT molecular complexity index is 799. The van der Waals surface area contributed by atoms with Crippen molar-refractivity contribution in [3.8, 4) is 0 Å². The van der Waals surface area contributed by atoms with Crippen LogP contribution in [0.3, 0.4) is 0 Å². The van der Waals surface area contributed by atoms with Gasteiger partial charge in [-0.3, -0.25) is 14.4 Å². The van der Waals surface area contributed by atoms with Crippen LogP contribution in [0.25, 0.3) is 0 Å². The van der Waals surface area contributed by atoms with Gasteiger partial charge in [0.05, 0.1) is 11.3 Å². The van der Waals surface area contributed by atoms with E-state index in [1.807, 2.05) is 0 Å². The number of alkyl halides is 3. The zero-order valence-electron chi connectivity index (χ0n) is 14.1. The topological polar surface area (TPSA) is 63.2 Å². The third kappa shape index (κ3) is 1.98. The molecular formula is C18H18F3NO3. The minimum Gasteiger partial charge on any atom is -0.325 e. The molecule has 4 nitrogen and oxygen atoms in total. The molecule has 1 N–H and O–H groups in total. The standard InChI is InChI=1S/C18H18F3NO3/c1-15(2)16(3)8-9-17(15,13(24)12(16)23)14(25)22-11-7-5-4-6-10(11)18(19,20)21/h4-7H,8-9H2,1-3H3,(H,22,25). The fraction of sp³-hybridized carbons (Fsp3) is 0.500. The van der Waals surface area contributed by atoms with Crippen molar-refractivity contribution >= 4 is 23.2 Å². The van der Waals surface area contributed by atoms with E-state index in [0.717, 1.165) is 12.1 Å². The Hall–Kier alpha value is -2.18. The first-order chi connectivity index (χ1) is 11.4. The SMILES string of the molecule is CC12CCC(C(=O)Nc3ccccc3C(F)(F)F)(C(=O)C1=O)C2(C)C. The van der Waals surface area contributed by atoms with Gasteiger partial charge in [-0.2, -0.15) is 13.2 Å². The lowest BCUT2D eigenvalue weighted by Gasteiger charge is -2.37. The van der Waals surface area contributed by atoms with Crippen LogP contribution >= 0.6 is 0 Å². The van der Waals surface area contributed by atoms with E-state index in [1.165, 1.54) is 12.1 Å². The van der Waals surface area contributed by atoms with Crippen LogP contribution in [0.2, 0.25) is 0 Å². The van der Waals surface area contributed by atoms with Crippen LogP contribution < -0.4 is 5.32 Å². The molecule has 2 unspecified atom stereocenters. The predicted octanol–water partition coefficient (Wildman–Crippen LogP) is 3.61. The molecule has 2 saturated carbocycles. The molecule has 0 heterocycles. The van der Waals surface area contributed by atoms with E-state index in [9.17, 15) is 27.6 Å². The van der Waals surface area contributed by atoms with Gasteiger partial charge in [0.15, 0.2) is 0 Å². The normalized spacial score (nSPS) is 30.6. The predicted molar refractivity (Wildman–Crippen MR) is 83.6 cm³/mol. The number of Topliss-reactive ketones (excluding diaryl/α,β-unsaturated/α-hetero) is 2. The summed E-state index contributed by atoms with van der Waals surface area (Å²) in [5, 5.41) is 2.27. The largest absolute Gasteiger partial charge is 0.418 e. The number of halogens is 3. The highest BCUT2D eigenvalue weighted by Gasteiger charge is 2.77. The van der Waals surface area contributed by atoms with E-state index < -0.39 is 51.1 Å². The molecule has 7 heteroatoms. The van der Waals surface area contributed by atoms with Gasteiger partial charge >= 0.3 is 6.18 Å². The molecule has 0 radical (unpaired) electrons. The van der Waals surface area contributed by atoms with Crippen molar-refractivity contribution < 1.29 is 27.6 Å². The summed E-state index contributed by atoms with van der Waals surface area (Å²) in [4.78, 5) is 37.9.